The highest BCUT2D eigenvalue weighted by Crippen LogP contribution is 2.41. The molecule has 0 bridgehead atoms. The number of hydrogen-bond acceptors (Lipinski definition) is 8. The van der Waals surface area contributed by atoms with Crippen LogP contribution in [0.2, 0.25) is 0 Å². The maximum Gasteiger partial charge on any atom is 0.308 e. The lowest BCUT2D eigenvalue weighted by molar-refractivity contribution is -0.132. The summed E-state index contributed by atoms with van der Waals surface area (Å²) in [6, 6.07) is 8.06. The molecule has 8 heteroatoms. The van der Waals surface area contributed by atoms with E-state index in [2.05, 4.69) is 0 Å². The minimum Gasteiger partial charge on any atom is -0.497 e. The van der Waals surface area contributed by atoms with Gasteiger partial charge in [0.15, 0.2) is 11.3 Å². The number of carbonyl (C=O) groups excluding carboxylic acids is 2. The quantitative estimate of drug-likeness (QED) is 0.476. The van der Waals surface area contributed by atoms with Gasteiger partial charge in [0.05, 0.1) is 19.8 Å². The van der Waals surface area contributed by atoms with Gasteiger partial charge in [-0.3, -0.25) is 14.4 Å². The number of fused-ring (bicyclic) bond motifs is 1. The molecule has 0 unspecified atom stereocenters. The van der Waals surface area contributed by atoms with Gasteiger partial charge >= 0.3 is 11.9 Å². The molecule has 0 aliphatic carbocycles. The van der Waals surface area contributed by atoms with Crippen molar-refractivity contribution in [2.75, 3.05) is 14.2 Å². The van der Waals surface area contributed by atoms with Gasteiger partial charge in [-0.15, -0.1) is 0 Å². The normalized spacial score (nSPS) is 10.5. The minimum absolute atomic E-state index is 0.00948. The van der Waals surface area contributed by atoms with E-state index in [1.54, 1.807) is 24.3 Å². The molecule has 0 saturated carbocycles. The minimum atomic E-state index is -0.653. The van der Waals surface area contributed by atoms with Gasteiger partial charge in [0.2, 0.25) is 11.2 Å². The van der Waals surface area contributed by atoms with Crippen molar-refractivity contribution in [3.8, 4) is 34.1 Å². The fraction of sp³-hybridized carbons (Fsp3) is 0.190. The molecule has 150 valence electrons. The fourth-order valence-corrected chi connectivity index (χ4v) is 2.86. The Morgan fingerprint density at radius 2 is 1.52 bits per heavy atom. The van der Waals surface area contributed by atoms with E-state index in [1.807, 2.05) is 0 Å². The summed E-state index contributed by atoms with van der Waals surface area (Å²) in [5.41, 5.74) is 0.374. The molecular formula is C21H18O8. The molecule has 3 rings (SSSR count). The van der Waals surface area contributed by atoms with E-state index in [0.29, 0.717) is 11.3 Å². The SMILES string of the molecule is COc1ccc(-c2coc3c(OC)c(OC(C)=O)cc(OC(C)=O)c3c2=O)cc1. The summed E-state index contributed by atoms with van der Waals surface area (Å²) < 4.78 is 26.4. The highest BCUT2D eigenvalue weighted by molar-refractivity contribution is 5.95. The second-order valence-corrected chi connectivity index (χ2v) is 6.00. The van der Waals surface area contributed by atoms with Crippen molar-refractivity contribution in [1.82, 2.24) is 0 Å². The molecule has 0 spiro atoms. The summed E-state index contributed by atoms with van der Waals surface area (Å²) in [5, 5.41) is -0.0127. The molecule has 0 aliphatic rings. The van der Waals surface area contributed by atoms with Crippen LogP contribution in [-0.4, -0.2) is 26.2 Å². The van der Waals surface area contributed by atoms with Crippen molar-refractivity contribution in [2.24, 2.45) is 0 Å². The van der Waals surface area contributed by atoms with Gasteiger partial charge in [-0.2, -0.15) is 0 Å². The second kappa shape index (κ2) is 8.05. The molecule has 0 N–H and O–H groups in total. The van der Waals surface area contributed by atoms with E-state index in [0.717, 1.165) is 0 Å². The zero-order valence-corrected chi connectivity index (χ0v) is 16.2. The molecule has 1 aromatic heterocycles. The Hall–Kier alpha value is -3.81. The number of ether oxygens (including phenoxy) is 4. The van der Waals surface area contributed by atoms with Crippen LogP contribution in [0.3, 0.4) is 0 Å². The second-order valence-electron chi connectivity index (χ2n) is 6.00. The molecular weight excluding hydrogens is 380 g/mol. The van der Waals surface area contributed by atoms with Crippen LogP contribution in [0.25, 0.3) is 22.1 Å². The highest BCUT2D eigenvalue weighted by Gasteiger charge is 2.23. The van der Waals surface area contributed by atoms with E-state index in [1.165, 1.54) is 40.4 Å². The van der Waals surface area contributed by atoms with Crippen molar-refractivity contribution < 1.29 is 33.0 Å². The first-order valence-corrected chi connectivity index (χ1v) is 8.53. The first kappa shape index (κ1) is 19.9. The topological polar surface area (TPSA) is 101 Å². The third-order valence-corrected chi connectivity index (χ3v) is 4.04. The van der Waals surface area contributed by atoms with Crippen LogP contribution in [0, 0.1) is 0 Å². The van der Waals surface area contributed by atoms with Crippen molar-refractivity contribution in [3.05, 3.63) is 46.8 Å². The van der Waals surface area contributed by atoms with E-state index >= 15 is 0 Å². The van der Waals surface area contributed by atoms with Crippen molar-refractivity contribution in [1.29, 1.82) is 0 Å². The average Bonchev–Trinajstić information content (AvgIpc) is 2.67. The van der Waals surface area contributed by atoms with Gasteiger partial charge in [0, 0.05) is 19.9 Å². The maximum absolute atomic E-state index is 13.2. The number of hydrogen-bond donors (Lipinski definition) is 0. The first-order chi connectivity index (χ1) is 13.8. The molecule has 0 atom stereocenters. The summed E-state index contributed by atoms with van der Waals surface area (Å²) in [5.74, 6) is -0.748. The first-order valence-electron chi connectivity index (χ1n) is 8.53. The Bertz CT molecular complexity index is 1140. The fourth-order valence-electron chi connectivity index (χ4n) is 2.86. The summed E-state index contributed by atoms with van der Waals surface area (Å²) in [7, 11) is 2.88. The smallest absolute Gasteiger partial charge is 0.308 e. The number of esters is 2. The van der Waals surface area contributed by atoms with Gasteiger partial charge in [-0.25, -0.2) is 0 Å². The molecule has 2 aromatic carbocycles. The van der Waals surface area contributed by atoms with Gasteiger partial charge in [0.25, 0.3) is 0 Å². The van der Waals surface area contributed by atoms with Crippen molar-refractivity contribution >= 4 is 22.9 Å². The summed E-state index contributed by atoms with van der Waals surface area (Å²) in [6.07, 6.45) is 1.27. The van der Waals surface area contributed by atoms with Gasteiger partial charge in [0.1, 0.15) is 23.1 Å². The Morgan fingerprint density at radius 3 is 2.07 bits per heavy atom. The Kier molecular flexibility index (Phi) is 5.54. The molecule has 0 amide bonds. The van der Waals surface area contributed by atoms with Gasteiger partial charge in [-0.05, 0) is 17.7 Å². The van der Waals surface area contributed by atoms with Crippen LogP contribution in [-0.2, 0) is 9.59 Å². The highest BCUT2D eigenvalue weighted by atomic mass is 16.6. The predicted octanol–water partition coefficient (Wildman–Crippen LogP) is 3.33. The van der Waals surface area contributed by atoms with Crippen LogP contribution >= 0.6 is 0 Å². The van der Waals surface area contributed by atoms with Crippen LogP contribution in [0.1, 0.15) is 13.8 Å². The lowest BCUT2D eigenvalue weighted by Crippen LogP contribution is -2.11. The van der Waals surface area contributed by atoms with Gasteiger partial charge < -0.3 is 23.4 Å². The molecule has 8 nitrogen and oxygen atoms in total. The van der Waals surface area contributed by atoms with Gasteiger partial charge in [-0.1, -0.05) is 12.1 Å². The Balaban J connectivity index is 2.32. The maximum atomic E-state index is 13.2. The standard InChI is InChI=1S/C21H18O8/c1-11(22)28-16-9-17(29-12(2)23)20(26-4)21-18(16)19(24)15(10-27-21)13-5-7-14(25-3)8-6-13/h5-10H,1-4H3. The molecule has 0 fully saturated rings. The molecule has 0 aliphatic heterocycles. The number of carbonyl (C=O) groups is 2. The summed E-state index contributed by atoms with van der Waals surface area (Å²) in [4.78, 5) is 36.2. The zero-order valence-electron chi connectivity index (χ0n) is 16.2. The predicted molar refractivity (Wildman–Crippen MR) is 104 cm³/mol. The molecule has 1 heterocycles. The number of methoxy groups -OCH3 is 2. The third-order valence-electron chi connectivity index (χ3n) is 4.04. The monoisotopic (exact) mass is 398 g/mol. The lowest BCUT2D eigenvalue weighted by Gasteiger charge is -2.14. The van der Waals surface area contributed by atoms with E-state index < -0.39 is 17.4 Å². The molecule has 29 heavy (non-hydrogen) atoms. The summed E-state index contributed by atoms with van der Waals surface area (Å²) in [6.45, 7) is 2.40. The number of rotatable bonds is 5. The van der Waals surface area contributed by atoms with Crippen molar-refractivity contribution in [3.63, 3.8) is 0 Å². The van der Waals surface area contributed by atoms with E-state index in [-0.39, 0.29) is 33.8 Å². The number of benzene rings is 2. The van der Waals surface area contributed by atoms with Crippen LogP contribution in [0.15, 0.2) is 45.8 Å². The van der Waals surface area contributed by atoms with Crippen molar-refractivity contribution in [2.45, 2.75) is 13.8 Å². The van der Waals surface area contributed by atoms with E-state index in [9.17, 15) is 14.4 Å². The van der Waals surface area contributed by atoms with Crippen LogP contribution < -0.4 is 24.4 Å². The third kappa shape index (κ3) is 3.91. The van der Waals surface area contributed by atoms with Crippen LogP contribution in [0.5, 0.6) is 23.0 Å². The summed E-state index contributed by atoms with van der Waals surface area (Å²) >= 11 is 0. The molecule has 0 radical (unpaired) electrons. The van der Waals surface area contributed by atoms with E-state index in [4.69, 9.17) is 23.4 Å². The average molecular weight is 398 g/mol. The lowest BCUT2D eigenvalue weighted by atomic mass is 10.0. The molecule has 0 saturated heterocycles. The Morgan fingerprint density at radius 1 is 0.897 bits per heavy atom. The van der Waals surface area contributed by atoms with Crippen LogP contribution in [0.4, 0.5) is 0 Å². The molecule has 3 aromatic rings. The largest absolute Gasteiger partial charge is 0.497 e. The zero-order chi connectivity index (χ0) is 21.1. The Labute approximate surface area is 165 Å².